The van der Waals surface area contributed by atoms with Crippen LogP contribution in [0.15, 0.2) is 42.5 Å². The maximum absolute atomic E-state index is 13.2. The van der Waals surface area contributed by atoms with Crippen LogP contribution >= 0.6 is 0 Å². The highest BCUT2D eigenvalue weighted by molar-refractivity contribution is 5.77. The number of hydrogen-bond donors (Lipinski definition) is 1. The molecular formula is C23H26N2O3. The van der Waals surface area contributed by atoms with Gasteiger partial charge in [0.15, 0.2) is 11.5 Å². The molecule has 0 spiro atoms. The van der Waals surface area contributed by atoms with E-state index in [1.165, 1.54) is 11.1 Å². The SMILES string of the molecule is Cc1ccccc1[C@@H]1[C@H]2CNC[C@H]2CN1C(=O)CCc1ccc2c(c1)OCO2. The summed E-state index contributed by atoms with van der Waals surface area (Å²) in [7, 11) is 0. The van der Waals surface area contributed by atoms with Crippen LogP contribution < -0.4 is 14.8 Å². The van der Waals surface area contributed by atoms with Crippen LogP contribution in [0.5, 0.6) is 11.5 Å². The molecule has 2 aromatic carbocycles. The molecule has 3 aliphatic heterocycles. The maximum Gasteiger partial charge on any atom is 0.231 e. The number of carbonyl (C=O) groups excluding carboxylic acids is 1. The molecule has 5 heteroatoms. The number of nitrogens with zero attached hydrogens (tertiary/aromatic N) is 1. The van der Waals surface area contributed by atoms with Gasteiger partial charge in [-0.15, -0.1) is 0 Å². The Morgan fingerprint density at radius 2 is 2.00 bits per heavy atom. The van der Waals surface area contributed by atoms with Gasteiger partial charge >= 0.3 is 0 Å². The van der Waals surface area contributed by atoms with Gasteiger partial charge in [-0.3, -0.25) is 4.79 Å². The van der Waals surface area contributed by atoms with E-state index < -0.39 is 0 Å². The molecular weight excluding hydrogens is 352 g/mol. The molecule has 2 fully saturated rings. The summed E-state index contributed by atoms with van der Waals surface area (Å²) in [6.07, 6.45) is 1.24. The van der Waals surface area contributed by atoms with Crippen molar-refractivity contribution in [2.75, 3.05) is 26.4 Å². The first-order valence-corrected chi connectivity index (χ1v) is 10.1. The van der Waals surface area contributed by atoms with Crippen LogP contribution in [0, 0.1) is 18.8 Å². The Hall–Kier alpha value is -2.53. The zero-order chi connectivity index (χ0) is 19.1. The molecule has 0 aliphatic carbocycles. The van der Waals surface area contributed by atoms with Gasteiger partial charge in [0.05, 0.1) is 6.04 Å². The van der Waals surface area contributed by atoms with Gasteiger partial charge in [-0.2, -0.15) is 0 Å². The van der Waals surface area contributed by atoms with Crippen molar-refractivity contribution in [1.82, 2.24) is 10.2 Å². The average molecular weight is 378 g/mol. The zero-order valence-electron chi connectivity index (χ0n) is 16.2. The van der Waals surface area contributed by atoms with E-state index in [0.717, 1.165) is 43.1 Å². The summed E-state index contributed by atoms with van der Waals surface area (Å²) in [5.41, 5.74) is 3.69. The highest BCUT2D eigenvalue weighted by Crippen LogP contribution is 2.44. The second-order valence-corrected chi connectivity index (χ2v) is 8.12. The smallest absolute Gasteiger partial charge is 0.231 e. The predicted octanol–water partition coefficient (Wildman–Crippen LogP) is 3.08. The van der Waals surface area contributed by atoms with Gasteiger partial charge in [0.2, 0.25) is 12.7 Å². The first kappa shape index (κ1) is 17.6. The Balaban J connectivity index is 1.33. The fraction of sp³-hybridized carbons (Fsp3) is 0.435. The van der Waals surface area contributed by atoms with Gasteiger partial charge in [0.25, 0.3) is 0 Å². The molecule has 2 saturated heterocycles. The first-order valence-electron chi connectivity index (χ1n) is 10.1. The van der Waals surface area contributed by atoms with E-state index in [-0.39, 0.29) is 18.7 Å². The summed E-state index contributed by atoms with van der Waals surface area (Å²) in [4.78, 5) is 15.4. The maximum atomic E-state index is 13.2. The van der Waals surface area contributed by atoms with Crippen LogP contribution in [0.2, 0.25) is 0 Å². The lowest BCUT2D eigenvalue weighted by Crippen LogP contribution is -2.35. The third-order valence-electron chi connectivity index (χ3n) is 6.46. The van der Waals surface area contributed by atoms with Crippen LogP contribution in [0.1, 0.15) is 29.2 Å². The van der Waals surface area contributed by atoms with Crippen molar-refractivity contribution in [3.8, 4) is 11.5 Å². The molecule has 3 heterocycles. The molecule has 3 atom stereocenters. The van der Waals surface area contributed by atoms with E-state index in [9.17, 15) is 4.79 Å². The number of carbonyl (C=O) groups is 1. The molecule has 0 aromatic heterocycles. The van der Waals surface area contributed by atoms with Crippen LogP contribution in [0.4, 0.5) is 0 Å². The Bertz CT molecular complexity index is 897. The van der Waals surface area contributed by atoms with Crippen LogP contribution in [0.3, 0.4) is 0 Å². The lowest BCUT2D eigenvalue weighted by Gasteiger charge is -2.29. The number of ether oxygens (including phenoxy) is 2. The number of nitrogens with one attached hydrogen (secondary N) is 1. The van der Waals surface area contributed by atoms with E-state index >= 15 is 0 Å². The number of benzene rings is 2. The number of rotatable bonds is 4. The van der Waals surface area contributed by atoms with Crippen LogP contribution in [-0.2, 0) is 11.2 Å². The summed E-state index contributed by atoms with van der Waals surface area (Å²) in [6, 6.07) is 14.7. The van der Waals surface area contributed by atoms with E-state index in [0.29, 0.717) is 18.3 Å². The number of fused-ring (bicyclic) bond motifs is 2. The summed E-state index contributed by atoms with van der Waals surface area (Å²) < 4.78 is 10.8. The van der Waals surface area contributed by atoms with Crippen molar-refractivity contribution in [3.63, 3.8) is 0 Å². The van der Waals surface area contributed by atoms with Gasteiger partial charge in [-0.1, -0.05) is 30.3 Å². The number of amides is 1. The topological polar surface area (TPSA) is 50.8 Å². The van der Waals surface area contributed by atoms with Gasteiger partial charge in [-0.25, -0.2) is 0 Å². The molecule has 0 bridgehead atoms. The molecule has 3 aliphatic rings. The van der Waals surface area contributed by atoms with E-state index in [4.69, 9.17) is 9.47 Å². The minimum absolute atomic E-state index is 0.186. The largest absolute Gasteiger partial charge is 0.454 e. The molecule has 0 radical (unpaired) electrons. The standard InChI is InChI=1S/C23H26N2O3/c1-15-4-2-3-5-18(15)23-19-12-24-11-17(19)13-25(23)22(26)9-7-16-6-8-20-21(10-16)28-14-27-20/h2-6,8,10,17,19,23-24H,7,9,11-14H2,1H3/t17-,19-,23+/m0/s1. The molecule has 0 unspecified atom stereocenters. The minimum Gasteiger partial charge on any atom is -0.454 e. The number of aryl methyl sites for hydroxylation is 2. The van der Waals surface area contributed by atoms with Crippen LogP contribution in [0.25, 0.3) is 0 Å². The average Bonchev–Trinajstić information content (AvgIpc) is 3.41. The van der Waals surface area contributed by atoms with Gasteiger partial charge in [-0.05, 0) is 48.1 Å². The van der Waals surface area contributed by atoms with E-state index in [1.54, 1.807) is 0 Å². The fourth-order valence-corrected chi connectivity index (χ4v) is 4.99. The van der Waals surface area contributed by atoms with Crippen molar-refractivity contribution >= 4 is 5.91 Å². The number of hydrogen-bond acceptors (Lipinski definition) is 4. The zero-order valence-corrected chi connectivity index (χ0v) is 16.2. The Morgan fingerprint density at radius 3 is 2.89 bits per heavy atom. The normalized spacial score (nSPS) is 25.2. The minimum atomic E-state index is 0.186. The molecule has 5 rings (SSSR count). The monoisotopic (exact) mass is 378 g/mol. The van der Waals surface area contributed by atoms with Crippen molar-refractivity contribution < 1.29 is 14.3 Å². The van der Waals surface area contributed by atoms with E-state index in [1.807, 2.05) is 18.2 Å². The molecule has 146 valence electrons. The Kier molecular flexibility index (Phi) is 4.47. The van der Waals surface area contributed by atoms with Gasteiger partial charge in [0.1, 0.15) is 0 Å². The third kappa shape index (κ3) is 3.04. The van der Waals surface area contributed by atoms with Crippen molar-refractivity contribution in [3.05, 3.63) is 59.2 Å². The molecule has 1 amide bonds. The number of likely N-dealkylation sites (tertiary alicyclic amines) is 1. The lowest BCUT2D eigenvalue weighted by molar-refractivity contribution is -0.132. The fourth-order valence-electron chi connectivity index (χ4n) is 4.99. The molecule has 28 heavy (non-hydrogen) atoms. The summed E-state index contributed by atoms with van der Waals surface area (Å²) in [6.45, 7) is 5.30. The predicted molar refractivity (Wildman–Crippen MR) is 106 cm³/mol. The summed E-state index contributed by atoms with van der Waals surface area (Å²) in [5.74, 6) is 2.88. The third-order valence-corrected chi connectivity index (χ3v) is 6.46. The van der Waals surface area contributed by atoms with Gasteiger partial charge in [0, 0.05) is 32.0 Å². The van der Waals surface area contributed by atoms with Crippen LogP contribution in [-0.4, -0.2) is 37.2 Å². The van der Waals surface area contributed by atoms with Crippen molar-refractivity contribution in [2.24, 2.45) is 11.8 Å². The molecule has 1 N–H and O–H groups in total. The molecule has 2 aromatic rings. The van der Waals surface area contributed by atoms with Gasteiger partial charge < -0.3 is 19.7 Å². The van der Waals surface area contributed by atoms with Crippen molar-refractivity contribution in [1.29, 1.82) is 0 Å². The second-order valence-electron chi connectivity index (χ2n) is 8.12. The quantitative estimate of drug-likeness (QED) is 0.888. The van der Waals surface area contributed by atoms with E-state index in [2.05, 4.69) is 41.4 Å². The van der Waals surface area contributed by atoms with Crippen molar-refractivity contribution in [2.45, 2.75) is 25.8 Å². The highest BCUT2D eigenvalue weighted by atomic mass is 16.7. The second kappa shape index (κ2) is 7.13. The summed E-state index contributed by atoms with van der Waals surface area (Å²) >= 11 is 0. The molecule has 5 nitrogen and oxygen atoms in total. The highest BCUT2D eigenvalue weighted by Gasteiger charge is 2.46. The molecule has 0 saturated carbocycles. The lowest BCUT2D eigenvalue weighted by atomic mass is 9.87. The Morgan fingerprint density at radius 1 is 1.14 bits per heavy atom. The Labute approximate surface area is 165 Å². The summed E-state index contributed by atoms with van der Waals surface area (Å²) in [5, 5.41) is 3.52. The first-order chi connectivity index (χ1) is 13.7.